The van der Waals surface area contributed by atoms with Gasteiger partial charge in [-0.25, -0.2) is 0 Å². The zero-order chi connectivity index (χ0) is 18.8. The maximum atomic E-state index is 13.3. The second-order valence-electron chi connectivity index (χ2n) is 8.52. The average molecular weight is 370 g/mol. The van der Waals surface area contributed by atoms with Gasteiger partial charge in [0.2, 0.25) is 5.91 Å². The van der Waals surface area contributed by atoms with Gasteiger partial charge in [0.15, 0.2) is 0 Å². The molecular weight excluding hydrogens is 338 g/mol. The van der Waals surface area contributed by atoms with E-state index in [0.717, 1.165) is 68.8 Å². The highest BCUT2D eigenvalue weighted by Gasteiger charge is 2.30. The van der Waals surface area contributed by atoms with E-state index in [4.69, 9.17) is 0 Å². The quantitative estimate of drug-likeness (QED) is 0.876. The molecule has 0 atom stereocenters. The van der Waals surface area contributed by atoms with Crippen LogP contribution in [0.5, 0.6) is 0 Å². The zero-order valence-corrected chi connectivity index (χ0v) is 16.4. The van der Waals surface area contributed by atoms with E-state index in [1.54, 1.807) is 0 Å². The van der Waals surface area contributed by atoms with Crippen molar-refractivity contribution in [2.24, 2.45) is 11.8 Å². The summed E-state index contributed by atoms with van der Waals surface area (Å²) in [5.41, 5.74) is 2.53. The minimum absolute atomic E-state index is 0.0888. The molecule has 3 aliphatic rings. The molecule has 0 aromatic heterocycles. The van der Waals surface area contributed by atoms with Gasteiger partial charge in [-0.3, -0.25) is 9.59 Å². The minimum Gasteiger partial charge on any atom is -0.371 e. The van der Waals surface area contributed by atoms with E-state index in [2.05, 4.69) is 17.1 Å². The fourth-order valence-corrected chi connectivity index (χ4v) is 4.17. The molecule has 1 aromatic rings. The highest BCUT2D eigenvalue weighted by Crippen LogP contribution is 2.32. The molecule has 27 heavy (non-hydrogen) atoms. The van der Waals surface area contributed by atoms with E-state index in [1.165, 1.54) is 19.3 Å². The Bertz CT molecular complexity index is 700. The Labute approximate surface area is 162 Å². The van der Waals surface area contributed by atoms with Crippen molar-refractivity contribution in [3.8, 4) is 0 Å². The third kappa shape index (κ3) is 4.28. The summed E-state index contributed by atoms with van der Waals surface area (Å²) in [4.78, 5) is 29.8. The van der Waals surface area contributed by atoms with Gasteiger partial charge < -0.3 is 15.1 Å². The van der Waals surface area contributed by atoms with Crippen LogP contribution in [-0.4, -0.2) is 42.9 Å². The normalized spacial score (nSPS) is 21.2. The Morgan fingerprint density at radius 2 is 1.67 bits per heavy atom. The van der Waals surface area contributed by atoms with Crippen LogP contribution in [-0.2, 0) is 4.79 Å². The van der Waals surface area contributed by atoms with E-state index in [0.29, 0.717) is 5.92 Å². The van der Waals surface area contributed by atoms with Crippen molar-refractivity contribution in [1.82, 2.24) is 4.90 Å². The maximum absolute atomic E-state index is 13.3. The van der Waals surface area contributed by atoms with Crippen molar-refractivity contribution in [1.29, 1.82) is 0 Å². The van der Waals surface area contributed by atoms with E-state index in [1.807, 2.05) is 23.1 Å². The summed E-state index contributed by atoms with van der Waals surface area (Å²) in [5, 5.41) is 3.01. The molecule has 5 nitrogen and oxygen atoms in total. The molecule has 1 saturated carbocycles. The number of carbonyl (C=O) groups excluding carboxylic acids is 2. The van der Waals surface area contributed by atoms with Crippen LogP contribution in [0.1, 0.15) is 62.2 Å². The molecule has 0 radical (unpaired) electrons. The van der Waals surface area contributed by atoms with Crippen LogP contribution in [0.25, 0.3) is 0 Å². The Morgan fingerprint density at radius 3 is 2.33 bits per heavy atom. The number of anilines is 2. The second-order valence-corrected chi connectivity index (χ2v) is 8.52. The summed E-state index contributed by atoms with van der Waals surface area (Å²) < 4.78 is 0. The standard InChI is InChI=1S/C22H31N3O2/c1-16-9-13-25(14-10-16)22(27)19-15-18(23-21(26)17-5-6-17)7-8-20(19)24-11-3-2-4-12-24/h7-8,15-17H,2-6,9-14H2,1H3,(H,23,26). The van der Waals surface area contributed by atoms with Crippen molar-refractivity contribution in [3.63, 3.8) is 0 Å². The molecule has 3 fully saturated rings. The van der Waals surface area contributed by atoms with Crippen molar-refractivity contribution in [2.45, 2.75) is 51.9 Å². The Kier molecular flexibility index (Phi) is 5.37. The lowest BCUT2D eigenvalue weighted by atomic mass is 9.98. The van der Waals surface area contributed by atoms with Crippen LogP contribution in [0.4, 0.5) is 11.4 Å². The van der Waals surface area contributed by atoms with E-state index >= 15 is 0 Å². The number of piperidine rings is 2. The zero-order valence-electron chi connectivity index (χ0n) is 16.4. The first-order valence-electron chi connectivity index (χ1n) is 10.6. The predicted octanol–water partition coefficient (Wildman–Crippen LogP) is 3.90. The van der Waals surface area contributed by atoms with Crippen LogP contribution in [0.15, 0.2) is 18.2 Å². The summed E-state index contributed by atoms with van der Waals surface area (Å²) in [6, 6.07) is 5.90. The van der Waals surface area contributed by atoms with Gasteiger partial charge in [0.05, 0.1) is 5.56 Å². The number of nitrogens with one attached hydrogen (secondary N) is 1. The molecule has 2 amide bonds. The number of amides is 2. The summed E-state index contributed by atoms with van der Waals surface area (Å²) in [6.07, 6.45) is 7.72. The molecule has 2 heterocycles. The van der Waals surface area contributed by atoms with E-state index < -0.39 is 0 Å². The van der Waals surface area contributed by atoms with Crippen molar-refractivity contribution in [3.05, 3.63) is 23.8 Å². The van der Waals surface area contributed by atoms with E-state index in [9.17, 15) is 9.59 Å². The number of benzene rings is 1. The number of hydrogen-bond donors (Lipinski definition) is 1. The van der Waals surface area contributed by atoms with Crippen LogP contribution in [0, 0.1) is 11.8 Å². The van der Waals surface area contributed by atoms with Gasteiger partial charge >= 0.3 is 0 Å². The molecule has 1 aromatic carbocycles. The summed E-state index contributed by atoms with van der Waals surface area (Å²) >= 11 is 0. The van der Waals surface area contributed by atoms with Gasteiger partial charge in [-0.2, -0.15) is 0 Å². The SMILES string of the molecule is CC1CCN(C(=O)c2cc(NC(=O)C3CC3)ccc2N2CCCCC2)CC1. The molecule has 0 bridgehead atoms. The lowest BCUT2D eigenvalue weighted by Crippen LogP contribution is -2.39. The Morgan fingerprint density at radius 1 is 0.963 bits per heavy atom. The number of carbonyl (C=O) groups is 2. The Balaban J connectivity index is 1.59. The summed E-state index contributed by atoms with van der Waals surface area (Å²) in [6.45, 7) is 5.93. The third-order valence-electron chi connectivity index (χ3n) is 6.21. The van der Waals surface area contributed by atoms with Crippen LogP contribution >= 0.6 is 0 Å². The molecule has 1 N–H and O–H groups in total. The number of nitrogens with zero attached hydrogens (tertiary/aromatic N) is 2. The van der Waals surface area contributed by atoms with Gasteiger partial charge in [0, 0.05) is 43.5 Å². The smallest absolute Gasteiger partial charge is 0.256 e. The third-order valence-corrected chi connectivity index (χ3v) is 6.21. The van der Waals surface area contributed by atoms with Crippen LogP contribution in [0.2, 0.25) is 0 Å². The van der Waals surface area contributed by atoms with Gasteiger partial charge in [0.1, 0.15) is 0 Å². The molecular formula is C22H31N3O2. The number of rotatable bonds is 4. The fourth-order valence-electron chi connectivity index (χ4n) is 4.17. The molecule has 146 valence electrons. The van der Waals surface area contributed by atoms with Gasteiger partial charge in [-0.1, -0.05) is 6.92 Å². The first-order chi connectivity index (χ1) is 13.1. The topological polar surface area (TPSA) is 52.7 Å². The minimum atomic E-state index is 0.0888. The highest BCUT2D eigenvalue weighted by molar-refractivity contribution is 6.02. The Hall–Kier alpha value is -2.04. The molecule has 1 aliphatic carbocycles. The molecule has 5 heteroatoms. The lowest BCUT2D eigenvalue weighted by molar-refractivity contribution is -0.117. The number of hydrogen-bond acceptors (Lipinski definition) is 3. The fraction of sp³-hybridized carbons (Fsp3) is 0.636. The highest BCUT2D eigenvalue weighted by atomic mass is 16.2. The molecule has 2 saturated heterocycles. The van der Waals surface area contributed by atoms with Crippen molar-refractivity contribution >= 4 is 23.2 Å². The summed E-state index contributed by atoms with van der Waals surface area (Å²) in [7, 11) is 0. The average Bonchev–Trinajstić information content (AvgIpc) is 3.54. The lowest BCUT2D eigenvalue weighted by Gasteiger charge is -2.34. The largest absolute Gasteiger partial charge is 0.371 e. The van der Waals surface area contributed by atoms with Crippen molar-refractivity contribution in [2.75, 3.05) is 36.4 Å². The molecule has 0 unspecified atom stereocenters. The van der Waals surface area contributed by atoms with Crippen LogP contribution < -0.4 is 10.2 Å². The van der Waals surface area contributed by atoms with Gasteiger partial charge in [0.25, 0.3) is 5.91 Å². The molecule has 0 spiro atoms. The first-order valence-corrected chi connectivity index (χ1v) is 10.6. The van der Waals surface area contributed by atoms with Gasteiger partial charge in [-0.05, 0) is 69.1 Å². The first kappa shape index (κ1) is 18.3. The van der Waals surface area contributed by atoms with E-state index in [-0.39, 0.29) is 17.7 Å². The maximum Gasteiger partial charge on any atom is 0.256 e. The predicted molar refractivity (Wildman–Crippen MR) is 108 cm³/mol. The monoisotopic (exact) mass is 369 g/mol. The number of likely N-dealkylation sites (tertiary alicyclic amines) is 1. The second kappa shape index (κ2) is 7.91. The summed E-state index contributed by atoms with van der Waals surface area (Å²) in [5.74, 6) is 1.06. The van der Waals surface area contributed by atoms with Gasteiger partial charge in [-0.15, -0.1) is 0 Å². The molecule has 2 aliphatic heterocycles. The van der Waals surface area contributed by atoms with Crippen LogP contribution in [0.3, 0.4) is 0 Å². The van der Waals surface area contributed by atoms with Crippen molar-refractivity contribution < 1.29 is 9.59 Å². The molecule has 4 rings (SSSR count).